The van der Waals surface area contributed by atoms with Gasteiger partial charge in [-0.05, 0) is 37.1 Å². The molecule has 0 aliphatic rings. The molecule has 3 rings (SSSR count). The molecule has 0 bridgehead atoms. The van der Waals surface area contributed by atoms with E-state index >= 15 is 0 Å². The van der Waals surface area contributed by atoms with E-state index in [1.165, 1.54) is 0 Å². The summed E-state index contributed by atoms with van der Waals surface area (Å²) in [6.45, 7) is 4.32. The fraction of sp³-hybridized carbons (Fsp3) is 0.190. The van der Waals surface area contributed by atoms with Gasteiger partial charge in [0.25, 0.3) is 5.91 Å². The topological polar surface area (TPSA) is 58.9 Å². The predicted octanol–water partition coefficient (Wildman–Crippen LogP) is 3.19. The average Bonchev–Trinajstić information content (AvgIpc) is 3.14. The largest absolute Gasteiger partial charge is 0.463 e. The van der Waals surface area contributed by atoms with Crippen molar-refractivity contribution in [3.8, 4) is 0 Å². The van der Waals surface area contributed by atoms with Crippen LogP contribution in [-0.4, -0.2) is 12.5 Å². The van der Waals surface area contributed by atoms with Crippen molar-refractivity contribution in [1.82, 2.24) is 0 Å². The standard InChI is InChI=1S/C21H22N2O2/c1-15-8-6-9-16(2)20(15)23-19(24)14-22-21(18-12-7-13-25-18)17-10-4-3-5-11-17/h3-13,21-22H,14H2,1-2H3,(H,23,24)/p+1/t21-/m0/s1. The Bertz CT molecular complexity index is 806. The maximum atomic E-state index is 12.4. The number of nitrogens with two attached hydrogens (primary N) is 1. The first-order valence-electron chi connectivity index (χ1n) is 8.43. The van der Waals surface area contributed by atoms with Crippen molar-refractivity contribution < 1.29 is 14.5 Å². The summed E-state index contributed by atoms with van der Waals surface area (Å²) in [5.41, 5.74) is 4.14. The van der Waals surface area contributed by atoms with E-state index in [-0.39, 0.29) is 11.9 Å². The van der Waals surface area contributed by atoms with Crippen molar-refractivity contribution in [1.29, 1.82) is 0 Å². The third kappa shape index (κ3) is 4.17. The molecule has 4 heteroatoms. The SMILES string of the molecule is Cc1cccc(C)c1NC(=O)C[NH2+][C@@H](c1ccccc1)c1ccco1. The molecule has 1 atom stereocenters. The normalized spacial score (nSPS) is 11.9. The highest BCUT2D eigenvalue weighted by Crippen LogP contribution is 2.20. The molecule has 1 heterocycles. The first-order valence-corrected chi connectivity index (χ1v) is 8.43. The minimum atomic E-state index is -0.0417. The van der Waals surface area contributed by atoms with Gasteiger partial charge < -0.3 is 15.1 Å². The van der Waals surface area contributed by atoms with Crippen molar-refractivity contribution in [3.05, 3.63) is 89.4 Å². The maximum absolute atomic E-state index is 12.4. The van der Waals surface area contributed by atoms with E-state index in [0.717, 1.165) is 28.1 Å². The molecule has 4 nitrogen and oxygen atoms in total. The number of quaternary nitrogens is 1. The molecule has 1 aromatic heterocycles. The van der Waals surface area contributed by atoms with Crippen LogP contribution < -0.4 is 10.6 Å². The first-order chi connectivity index (χ1) is 12.1. The molecular formula is C21H23N2O2+. The molecule has 128 valence electrons. The minimum Gasteiger partial charge on any atom is -0.463 e. The lowest BCUT2D eigenvalue weighted by atomic mass is 10.0. The van der Waals surface area contributed by atoms with Crippen molar-refractivity contribution >= 4 is 11.6 Å². The molecule has 3 aromatic rings. The van der Waals surface area contributed by atoms with Crippen molar-refractivity contribution in [2.45, 2.75) is 19.9 Å². The van der Waals surface area contributed by atoms with E-state index in [1.54, 1.807) is 6.26 Å². The number of aryl methyl sites for hydroxylation is 2. The summed E-state index contributed by atoms with van der Waals surface area (Å²) in [7, 11) is 0. The van der Waals surface area contributed by atoms with Gasteiger partial charge in [0, 0.05) is 11.3 Å². The number of anilines is 1. The van der Waals surface area contributed by atoms with Crippen LogP contribution in [0.4, 0.5) is 5.69 Å². The van der Waals surface area contributed by atoms with Crippen molar-refractivity contribution in [2.24, 2.45) is 0 Å². The van der Waals surface area contributed by atoms with E-state index in [9.17, 15) is 4.79 Å². The second kappa shape index (κ2) is 7.81. The summed E-state index contributed by atoms with van der Waals surface area (Å²) >= 11 is 0. The zero-order valence-electron chi connectivity index (χ0n) is 14.5. The predicted molar refractivity (Wildman–Crippen MR) is 98.3 cm³/mol. The van der Waals surface area contributed by atoms with Gasteiger partial charge in [0.1, 0.15) is 0 Å². The molecule has 25 heavy (non-hydrogen) atoms. The molecular weight excluding hydrogens is 312 g/mol. The van der Waals surface area contributed by atoms with Crippen LogP contribution in [0.5, 0.6) is 0 Å². The first kappa shape index (κ1) is 17.0. The lowest BCUT2D eigenvalue weighted by Crippen LogP contribution is -2.87. The Kier molecular flexibility index (Phi) is 5.31. The Labute approximate surface area is 147 Å². The van der Waals surface area contributed by atoms with E-state index in [2.05, 4.69) is 5.32 Å². The van der Waals surface area contributed by atoms with Crippen LogP contribution in [-0.2, 0) is 4.79 Å². The molecule has 0 saturated carbocycles. The van der Waals surface area contributed by atoms with Crippen LogP contribution >= 0.6 is 0 Å². The Morgan fingerprint density at radius 2 is 1.72 bits per heavy atom. The van der Waals surface area contributed by atoms with Gasteiger partial charge >= 0.3 is 0 Å². The van der Waals surface area contributed by atoms with Crippen LogP contribution in [0.25, 0.3) is 0 Å². The Balaban J connectivity index is 1.70. The highest BCUT2D eigenvalue weighted by molar-refractivity contribution is 5.92. The van der Waals surface area contributed by atoms with Crippen LogP contribution in [0.15, 0.2) is 71.3 Å². The zero-order chi connectivity index (χ0) is 17.6. The third-order valence-corrected chi connectivity index (χ3v) is 4.29. The van der Waals surface area contributed by atoms with Gasteiger partial charge in [0.05, 0.1) is 6.26 Å². The number of carbonyl (C=O) groups is 1. The Morgan fingerprint density at radius 3 is 2.36 bits per heavy atom. The van der Waals surface area contributed by atoms with Crippen molar-refractivity contribution in [3.63, 3.8) is 0 Å². The van der Waals surface area contributed by atoms with Crippen LogP contribution in [0.3, 0.4) is 0 Å². The fourth-order valence-electron chi connectivity index (χ4n) is 2.97. The molecule has 3 N–H and O–H groups in total. The minimum absolute atomic E-state index is 0.0233. The summed E-state index contributed by atoms with van der Waals surface area (Å²) < 4.78 is 5.58. The lowest BCUT2D eigenvalue weighted by Gasteiger charge is -2.15. The summed E-state index contributed by atoms with van der Waals surface area (Å²) in [6.07, 6.45) is 1.66. The Morgan fingerprint density at radius 1 is 1.00 bits per heavy atom. The Hall–Kier alpha value is -2.85. The van der Waals surface area contributed by atoms with Gasteiger partial charge in [-0.1, -0.05) is 48.5 Å². The van der Waals surface area contributed by atoms with Gasteiger partial charge in [-0.25, -0.2) is 0 Å². The number of carbonyl (C=O) groups excluding carboxylic acids is 1. The second-order valence-corrected chi connectivity index (χ2v) is 6.16. The van der Waals surface area contributed by atoms with E-state index in [1.807, 2.05) is 79.8 Å². The highest BCUT2D eigenvalue weighted by atomic mass is 16.3. The molecule has 1 amide bonds. The number of para-hydroxylation sites is 1. The van der Waals surface area contributed by atoms with Gasteiger partial charge in [0.15, 0.2) is 18.3 Å². The number of hydrogen-bond donors (Lipinski definition) is 2. The number of rotatable bonds is 6. The van der Waals surface area contributed by atoms with E-state index < -0.39 is 0 Å². The lowest BCUT2D eigenvalue weighted by molar-refractivity contribution is -0.678. The summed E-state index contributed by atoms with van der Waals surface area (Å²) in [6, 6.07) is 19.8. The molecule has 0 aliphatic heterocycles. The van der Waals surface area contributed by atoms with E-state index in [4.69, 9.17) is 4.42 Å². The molecule has 0 aliphatic carbocycles. The zero-order valence-corrected chi connectivity index (χ0v) is 14.5. The number of hydrogen-bond acceptors (Lipinski definition) is 2. The number of furan rings is 1. The monoisotopic (exact) mass is 335 g/mol. The molecule has 0 radical (unpaired) electrons. The molecule has 2 aromatic carbocycles. The van der Waals surface area contributed by atoms with Gasteiger partial charge in [-0.15, -0.1) is 0 Å². The fourth-order valence-corrected chi connectivity index (χ4v) is 2.97. The molecule has 0 saturated heterocycles. The summed E-state index contributed by atoms with van der Waals surface area (Å²) in [5.74, 6) is 0.816. The van der Waals surface area contributed by atoms with Gasteiger partial charge in [-0.3, -0.25) is 4.79 Å². The number of nitrogens with one attached hydrogen (secondary N) is 1. The molecule has 0 spiro atoms. The molecule has 0 unspecified atom stereocenters. The maximum Gasteiger partial charge on any atom is 0.279 e. The van der Waals surface area contributed by atoms with Gasteiger partial charge in [0.2, 0.25) is 0 Å². The molecule has 0 fully saturated rings. The van der Waals surface area contributed by atoms with Gasteiger partial charge in [-0.2, -0.15) is 0 Å². The number of benzene rings is 2. The van der Waals surface area contributed by atoms with Crippen LogP contribution in [0.1, 0.15) is 28.5 Å². The second-order valence-electron chi connectivity index (χ2n) is 6.16. The van der Waals surface area contributed by atoms with Crippen LogP contribution in [0, 0.1) is 13.8 Å². The third-order valence-electron chi connectivity index (χ3n) is 4.29. The van der Waals surface area contributed by atoms with E-state index in [0.29, 0.717) is 6.54 Å². The summed E-state index contributed by atoms with van der Waals surface area (Å²) in [5, 5.41) is 5.03. The average molecular weight is 335 g/mol. The van der Waals surface area contributed by atoms with Crippen molar-refractivity contribution in [2.75, 3.05) is 11.9 Å². The van der Waals surface area contributed by atoms with Crippen LogP contribution in [0.2, 0.25) is 0 Å². The summed E-state index contributed by atoms with van der Waals surface area (Å²) in [4.78, 5) is 12.4. The number of amides is 1. The highest BCUT2D eigenvalue weighted by Gasteiger charge is 2.21. The quantitative estimate of drug-likeness (QED) is 0.727. The smallest absolute Gasteiger partial charge is 0.279 e.